The summed E-state index contributed by atoms with van der Waals surface area (Å²) in [4.78, 5) is 66.7. The number of carbonyl (C=O) groups is 5. The Bertz CT molecular complexity index is 828. The molecule has 0 aliphatic heterocycles. The Morgan fingerprint density at radius 3 is 2.12 bits per heavy atom. The fourth-order valence-electron chi connectivity index (χ4n) is 2.76. The fourth-order valence-corrected chi connectivity index (χ4v) is 2.76. The number of imidazole rings is 1. The van der Waals surface area contributed by atoms with E-state index in [1.807, 2.05) is 0 Å². The smallest absolute Gasteiger partial charge is 0.326 e. The van der Waals surface area contributed by atoms with Crippen molar-refractivity contribution in [2.24, 2.45) is 11.7 Å². The molecule has 0 aromatic carbocycles. The molecule has 4 unspecified atom stereocenters. The second kappa shape index (κ2) is 13.1. The summed E-state index contributed by atoms with van der Waals surface area (Å²) in [6.07, 6.45) is 1.89. The lowest BCUT2D eigenvalue weighted by molar-refractivity contribution is -0.143. The number of aliphatic hydroxyl groups is 1. The molecule has 184 valence electrons. The molecule has 0 aliphatic rings. The van der Waals surface area contributed by atoms with Crippen LogP contribution in [0.5, 0.6) is 0 Å². The van der Waals surface area contributed by atoms with E-state index in [2.05, 4.69) is 25.9 Å². The number of hydrogen-bond donors (Lipinski definition) is 8. The maximum absolute atomic E-state index is 12.9. The highest BCUT2D eigenvalue weighted by atomic mass is 16.4. The maximum atomic E-state index is 12.9. The van der Waals surface area contributed by atoms with Crippen molar-refractivity contribution in [2.45, 2.75) is 57.3 Å². The largest absolute Gasteiger partial charge is 0.481 e. The van der Waals surface area contributed by atoms with Gasteiger partial charge < -0.3 is 42.0 Å². The van der Waals surface area contributed by atoms with E-state index in [4.69, 9.17) is 15.9 Å². The molecular weight excluding hydrogens is 440 g/mol. The normalized spacial score (nSPS) is 14.6. The van der Waals surface area contributed by atoms with Crippen LogP contribution in [0.3, 0.4) is 0 Å². The van der Waals surface area contributed by atoms with Crippen LogP contribution in [0.2, 0.25) is 0 Å². The number of nitrogens with one attached hydrogen (secondary N) is 4. The topological polar surface area (TPSA) is 237 Å². The van der Waals surface area contributed by atoms with Crippen LogP contribution in [-0.2, 0) is 30.4 Å². The molecule has 0 spiro atoms. The van der Waals surface area contributed by atoms with E-state index in [-0.39, 0.29) is 12.8 Å². The molecule has 1 heterocycles. The molecule has 33 heavy (non-hydrogen) atoms. The number of carboxylic acid groups (broad SMARTS) is 2. The summed E-state index contributed by atoms with van der Waals surface area (Å²) in [5.74, 6) is -5.49. The zero-order valence-electron chi connectivity index (χ0n) is 18.3. The first-order valence-corrected chi connectivity index (χ1v) is 10.2. The molecule has 14 nitrogen and oxygen atoms in total. The van der Waals surface area contributed by atoms with E-state index in [1.165, 1.54) is 12.5 Å². The van der Waals surface area contributed by atoms with Crippen LogP contribution < -0.4 is 21.7 Å². The Balaban J connectivity index is 3.07. The number of H-pyrrole nitrogens is 1. The summed E-state index contributed by atoms with van der Waals surface area (Å²) in [5.41, 5.74) is 5.89. The molecule has 1 rings (SSSR count). The van der Waals surface area contributed by atoms with Crippen LogP contribution >= 0.6 is 0 Å². The van der Waals surface area contributed by atoms with Gasteiger partial charge in [-0.15, -0.1) is 0 Å². The van der Waals surface area contributed by atoms with Crippen molar-refractivity contribution in [3.63, 3.8) is 0 Å². The Morgan fingerprint density at radius 1 is 1.03 bits per heavy atom. The summed E-state index contributed by atoms with van der Waals surface area (Å²) < 4.78 is 0. The van der Waals surface area contributed by atoms with Crippen molar-refractivity contribution >= 4 is 29.7 Å². The second-order valence-corrected chi connectivity index (χ2v) is 7.69. The van der Waals surface area contributed by atoms with E-state index in [0.717, 1.165) is 0 Å². The van der Waals surface area contributed by atoms with E-state index in [9.17, 15) is 29.1 Å². The lowest BCUT2D eigenvalue weighted by Crippen LogP contribution is -2.58. The number of nitrogens with two attached hydrogens (primary N) is 1. The third-order valence-electron chi connectivity index (χ3n) is 4.66. The number of aromatic amines is 1. The van der Waals surface area contributed by atoms with Crippen molar-refractivity contribution in [3.05, 3.63) is 18.2 Å². The van der Waals surface area contributed by atoms with Crippen molar-refractivity contribution in [2.75, 3.05) is 6.61 Å². The molecule has 1 aromatic heterocycles. The Kier molecular flexibility index (Phi) is 10.9. The number of carboxylic acids is 2. The standard InChI is InChI=1S/C19H30N6O8/c1-9(2)15(19(32)33)25-18(31)13(5-10-6-21-8-22-10)24-17(30)12(3-4-14(27)28)23-16(29)11(20)7-26/h6,8-9,11-13,15,26H,3-5,7,20H2,1-2H3,(H,21,22)(H,23,29)(H,24,30)(H,25,31)(H,27,28)(H,32,33). The molecule has 0 fully saturated rings. The van der Waals surface area contributed by atoms with Gasteiger partial charge in [0, 0.05) is 24.7 Å². The van der Waals surface area contributed by atoms with Gasteiger partial charge in [0.1, 0.15) is 24.2 Å². The SMILES string of the molecule is CC(C)C(NC(=O)C(Cc1cnc[nH]1)NC(=O)C(CCC(=O)O)NC(=O)C(N)CO)C(=O)O. The Morgan fingerprint density at radius 2 is 1.64 bits per heavy atom. The highest BCUT2D eigenvalue weighted by Gasteiger charge is 2.31. The van der Waals surface area contributed by atoms with Gasteiger partial charge >= 0.3 is 11.9 Å². The maximum Gasteiger partial charge on any atom is 0.326 e. The number of rotatable bonds is 14. The Labute approximate surface area is 189 Å². The van der Waals surface area contributed by atoms with Crippen molar-refractivity contribution in [1.82, 2.24) is 25.9 Å². The van der Waals surface area contributed by atoms with Gasteiger partial charge in [0.05, 0.1) is 12.9 Å². The van der Waals surface area contributed by atoms with Crippen molar-refractivity contribution < 1.29 is 39.3 Å². The zero-order chi connectivity index (χ0) is 25.1. The molecule has 3 amide bonds. The number of aliphatic carboxylic acids is 2. The third-order valence-corrected chi connectivity index (χ3v) is 4.66. The monoisotopic (exact) mass is 470 g/mol. The first-order valence-electron chi connectivity index (χ1n) is 10.2. The van der Waals surface area contributed by atoms with E-state index < -0.39 is 72.8 Å². The molecular formula is C19H30N6O8. The molecule has 14 heteroatoms. The Hall–Kier alpha value is -3.52. The third kappa shape index (κ3) is 9.24. The predicted octanol–water partition coefficient (Wildman–Crippen LogP) is -2.67. The number of nitrogens with zero attached hydrogens (tertiary/aromatic N) is 1. The number of aromatic nitrogens is 2. The van der Waals surface area contributed by atoms with Gasteiger partial charge in [-0.05, 0) is 12.3 Å². The number of carbonyl (C=O) groups excluding carboxylic acids is 3. The van der Waals surface area contributed by atoms with Gasteiger partial charge in [-0.3, -0.25) is 19.2 Å². The van der Waals surface area contributed by atoms with Gasteiger partial charge in [-0.2, -0.15) is 0 Å². The van der Waals surface area contributed by atoms with Crippen LogP contribution in [0.25, 0.3) is 0 Å². The van der Waals surface area contributed by atoms with E-state index >= 15 is 0 Å². The second-order valence-electron chi connectivity index (χ2n) is 7.69. The van der Waals surface area contributed by atoms with Crippen molar-refractivity contribution in [3.8, 4) is 0 Å². The summed E-state index contributed by atoms with van der Waals surface area (Å²) in [6, 6.07) is -5.20. The predicted molar refractivity (Wildman–Crippen MR) is 112 cm³/mol. The molecule has 0 aliphatic carbocycles. The number of amides is 3. The molecule has 0 bridgehead atoms. The fraction of sp³-hybridized carbons (Fsp3) is 0.579. The molecule has 9 N–H and O–H groups in total. The van der Waals surface area contributed by atoms with Crippen LogP contribution in [0, 0.1) is 5.92 Å². The quantitative estimate of drug-likeness (QED) is 0.140. The van der Waals surface area contributed by atoms with Gasteiger partial charge in [-0.1, -0.05) is 13.8 Å². The van der Waals surface area contributed by atoms with Gasteiger partial charge in [0.15, 0.2) is 0 Å². The van der Waals surface area contributed by atoms with Gasteiger partial charge in [0.25, 0.3) is 0 Å². The first kappa shape index (κ1) is 27.5. The number of aliphatic hydroxyl groups excluding tert-OH is 1. The molecule has 0 saturated heterocycles. The number of hydrogen-bond acceptors (Lipinski definition) is 8. The highest BCUT2D eigenvalue weighted by Crippen LogP contribution is 2.06. The van der Waals surface area contributed by atoms with Crippen LogP contribution in [0.15, 0.2) is 12.5 Å². The molecule has 0 saturated carbocycles. The van der Waals surface area contributed by atoms with Crippen molar-refractivity contribution in [1.29, 1.82) is 0 Å². The van der Waals surface area contributed by atoms with Gasteiger partial charge in [-0.25, -0.2) is 9.78 Å². The summed E-state index contributed by atoms with van der Waals surface area (Å²) >= 11 is 0. The minimum atomic E-state index is -1.37. The summed E-state index contributed by atoms with van der Waals surface area (Å²) in [6.45, 7) is 2.50. The van der Waals surface area contributed by atoms with E-state index in [1.54, 1.807) is 13.8 Å². The lowest BCUT2D eigenvalue weighted by atomic mass is 10.0. The average Bonchev–Trinajstić information content (AvgIpc) is 3.25. The summed E-state index contributed by atoms with van der Waals surface area (Å²) in [7, 11) is 0. The lowest BCUT2D eigenvalue weighted by Gasteiger charge is -2.25. The minimum Gasteiger partial charge on any atom is -0.481 e. The minimum absolute atomic E-state index is 0.0856. The average molecular weight is 470 g/mol. The molecule has 4 atom stereocenters. The first-order chi connectivity index (χ1) is 15.5. The van der Waals surface area contributed by atoms with Crippen LogP contribution in [0.1, 0.15) is 32.4 Å². The van der Waals surface area contributed by atoms with Crippen LogP contribution in [0.4, 0.5) is 0 Å². The molecule has 0 radical (unpaired) electrons. The van der Waals surface area contributed by atoms with E-state index in [0.29, 0.717) is 5.69 Å². The highest BCUT2D eigenvalue weighted by molar-refractivity contribution is 5.94. The van der Waals surface area contributed by atoms with Gasteiger partial charge in [0.2, 0.25) is 17.7 Å². The molecule has 1 aromatic rings. The zero-order valence-corrected chi connectivity index (χ0v) is 18.3. The summed E-state index contributed by atoms with van der Waals surface area (Å²) in [5, 5.41) is 34.4. The van der Waals surface area contributed by atoms with Crippen LogP contribution in [-0.4, -0.2) is 85.7 Å².